The van der Waals surface area contributed by atoms with Crippen LogP contribution >= 0.6 is 0 Å². The topological polar surface area (TPSA) is 37.8 Å². The Morgan fingerprint density at radius 3 is 2.57 bits per heavy atom. The smallest absolute Gasteiger partial charge is 0.0717 e. The van der Waals surface area contributed by atoms with Gasteiger partial charge in [0.25, 0.3) is 0 Å². The van der Waals surface area contributed by atoms with Crippen LogP contribution in [0.25, 0.3) is 11.3 Å². The molecule has 3 rings (SSSR count). The average molecular weight is 303 g/mol. The molecule has 0 fully saturated rings. The standard InChI is InChI=1S/C20H21N3/c1-16-18(10-12-21-14-17-7-3-2-4-8-17)13-19(15-23-16)20-9-5-6-11-22-20/h2-9,11,13,15,21H,10,12,14H2,1H3. The molecule has 2 aromatic heterocycles. The van der Waals surface area contributed by atoms with E-state index in [4.69, 9.17) is 0 Å². The number of hydrogen-bond donors (Lipinski definition) is 1. The Morgan fingerprint density at radius 1 is 0.957 bits per heavy atom. The van der Waals surface area contributed by atoms with Crippen molar-refractivity contribution in [3.63, 3.8) is 0 Å². The summed E-state index contributed by atoms with van der Waals surface area (Å²) in [5.41, 5.74) is 5.72. The Kier molecular flexibility index (Phi) is 5.12. The fraction of sp³-hybridized carbons (Fsp3) is 0.200. The fourth-order valence-electron chi connectivity index (χ4n) is 2.56. The van der Waals surface area contributed by atoms with Crippen molar-refractivity contribution >= 4 is 0 Å². The van der Waals surface area contributed by atoms with Gasteiger partial charge in [-0.1, -0.05) is 36.4 Å². The van der Waals surface area contributed by atoms with Crippen LogP contribution in [0.5, 0.6) is 0 Å². The van der Waals surface area contributed by atoms with Gasteiger partial charge in [0.15, 0.2) is 0 Å². The molecule has 23 heavy (non-hydrogen) atoms. The Labute approximate surface area is 137 Å². The summed E-state index contributed by atoms with van der Waals surface area (Å²) in [6, 6.07) is 18.6. The normalized spacial score (nSPS) is 10.7. The first-order chi connectivity index (χ1) is 11.3. The van der Waals surface area contributed by atoms with E-state index in [1.807, 2.05) is 36.7 Å². The van der Waals surface area contributed by atoms with E-state index in [1.165, 1.54) is 11.1 Å². The van der Waals surface area contributed by atoms with Crippen molar-refractivity contribution in [2.45, 2.75) is 19.9 Å². The van der Waals surface area contributed by atoms with Crippen molar-refractivity contribution < 1.29 is 0 Å². The van der Waals surface area contributed by atoms with E-state index in [2.05, 4.69) is 52.5 Å². The molecule has 0 spiro atoms. The Bertz CT molecular complexity index is 739. The SMILES string of the molecule is Cc1ncc(-c2ccccn2)cc1CCNCc1ccccc1. The van der Waals surface area contributed by atoms with Crippen LogP contribution in [0.1, 0.15) is 16.8 Å². The number of nitrogens with one attached hydrogen (secondary N) is 1. The molecule has 0 amide bonds. The third-order valence-corrected chi connectivity index (χ3v) is 3.90. The van der Waals surface area contributed by atoms with Crippen molar-refractivity contribution in [2.24, 2.45) is 0 Å². The highest BCUT2D eigenvalue weighted by molar-refractivity contribution is 5.58. The first-order valence-electron chi connectivity index (χ1n) is 7.94. The van der Waals surface area contributed by atoms with Crippen LogP contribution in [-0.2, 0) is 13.0 Å². The monoisotopic (exact) mass is 303 g/mol. The van der Waals surface area contributed by atoms with Crippen molar-refractivity contribution in [3.8, 4) is 11.3 Å². The van der Waals surface area contributed by atoms with Crippen LogP contribution in [0.4, 0.5) is 0 Å². The first-order valence-corrected chi connectivity index (χ1v) is 7.94. The molecule has 0 unspecified atom stereocenters. The van der Waals surface area contributed by atoms with Gasteiger partial charge < -0.3 is 5.32 Å². The summed E-state index contributed by atoms with van der Waals surface area (Å²) in [7, 11) is 0. The van der Waals surface area contributed by atoms with Crippen LogP contribution in [0.3, 0.4) is 0 Å². The van der Waals surface area contributed by atoms with Gasteiger partial charge in [-0.15, -0.1) is 0 Å². The zero-order valence-electron chi connectivity index (χ0n) is 13.4. The first kappa shape index (κ1) is 15.4. The molecule has 1 N–H and O–H groups in total. The highest BCUT2D eigenvalue weighted by Crippen LogP contribution is 2.18. The number of nitrogens with zero attached hydrogens (tertiary/aromatic N) is 2. The van der Waals surface area contributed by atoms with Crippen molar-refractivity contribution in [2.75, 3.05) is 6.54 Å². The molecule has 116 valence electrons. The van der Waals surface area contributed by atoms with E-state index in [0.717, 1.165) is 36.5 Å². The summed E-state index contributed by atoms with van der Waals surface area (Å²) in [6.07, 6.45) is 4.68. The summed E-state index contributed by atoms with van der Waals surface area (Å²) in [4.78, 5) is 8.92. The summed E-state index contributed by atoms with van der Waals surface area (Å²) in [5.74, 6) is 0. The molecule has 0 aliphatic heterocycles. The maximum Gasteiger partial charge on any atom is 0.0717 e. The summed E-state index contributed by atoms with van der Waals surface area (Å²) >= 11 is 0. The fourth-order valence-corrected chi connectivity index (χ4v) is 2.56. The van der Waals surface area contributed by atoms with Gasteiger partial charge in [-0.2, -0.15) is 0 Å². The zero-order chi connectivity index (χ0) is 15.9. The minimum absolute atomic E-state index is 0.896. The minimum Gasteiger partial charge on any atom is -0.312 e. The number of aromatic nitrogens is 2. The summed E-state index contributed by atoms with van der Waals surface area (Å²) < 4.78 is 0. The van der Waals surface area contributed by atoms with Crippen LogP contribution in [0.2, 0.25) is 0 Å². The van der Waals surface area contributed by atoms with Crippen molar-refractivity contribution in [1.82, 2.24) is 15.3 Å². The van der Waals surface area contributed by atoms with Crippen LogP contribution in [0, 0.1) is 6.92 Å². The van der Waals surface area contributed by atoms with Gasteiger partial charge in [0.1, 0.15) is 0 Å². The lowest BCUT2D eigenvalue weighted by Gasteiger charge is -2.09. The molecule has 3 heteroatoms. The number of pyridine rings is 2. The predicted molar refractivity (Wildman–Crippen MR) is 94.1 cm³/mol. The van der Waals surface area contributed by atoms with E-state index in [1.54, 1.807) is 0 Å². The summed E-state index contributed by atoms with van der Waals surface area (Å²) in [6.45, 7) is 3.89. The molecule has 0 aliphatic carbocycles. The minimum atomic E-state index is 0.896. The van der Waals surface area contributed by atoms with Gasteiger partial charge in [0.05, 0.1) is 5.69 Å². The lowest BCUT2D eigenvalue weighted by molar-refractivity contribution is 0.684. The quantitative estimate of drug-likeness (QED) is 0.704. The number of hydrogen-bond acceptors (Lipinski definition) is 3. The van der Waals surface area contributed by atoms with Crippen LogP contribution in [0.15, 0.2) is 67.0 Å². The van der Waals surface area contributed by atoms with Gasteiger partial charge >= 0.3 is 0 Å². The molecule has 0 saturated carbocycles. The van der Waals surface area contributed by atoms with Gasteiger partial charge in [0, 0.05) is 30.2 Å². The van der Waals surface area contributed by atoms with Crippen LogP contribution < -0.4 is 5.32 Å². The second-order valence-electron chi connectivity index (χ2n) is 5.60. The molecule has 3 nitrogen and oxygen atoms in total. The molecule has 2 heterocycles. The third-order valence-electron chi connectivity index (χ3n) is 3.90. The molecule has 0 aliphatic rings. The molecule has 0 radical (unpaired) electrons. The average Bonchev–Trinajstić information content (AvgIpc) is 2.62. The molecule has 3 aromatic rings. The van der Waals surface area contributed by atoms with Crippen LogP contribution in [-0.4, -0.2) is 16.5 Å². The second kappa shape index (κ2) is 7.65. The van der Waals surface area contributed by atoms with Gasteiger partial charge in [-0.25, -0.2) is 0 Å². The zero-order valence-corrected chi connectivity index (χ0v) is 13.4. The highest BCUT2D eigenvalue weighted by atomic mass is 14.8. The number of rotatable bonds is 6. The maximum atomic E-state index is 4.52. The van der Waals surface area contributed by atoms with E-state index < -0.39 is 0 Å². The maximum absolute atomic E-state index is 4.52. The Hall–Kier alpha value is -2.52. The third kappa shape index (κ3) is 4.24. The number of aryl methyl sites for hydroxylation is 1. The molecule has 0 bridgehead atoms. The highest BCUT2D eigenvalue weighted by Gasteiger charge is 2.04. The van der Waals surface area contributed by atoms with E-state index in [0.29, 0.717) is 0 Å². The number of benzene rings is 1. The van der Waals surface area contributed by atoms with E-state index in [-0.39, 0.29) is 0 Å². The lowest BCUT2D eigenvalue weighted by atomic mass is 10.1. The van der Waals surface area contributed by atoms with Crippen molar-refractivity contribution in [3.05, 3.63) is 83.8 Å². The lowest BCUT2D eigenvalue weighted by Crippen LogP contribution is -2.17. The summed E-state index contributed by atoms with van der Waals surface area (Å²) in [5, 5.41) is 3.49. The van der Waals surface area contributed by atoms with Crippen molar-refractivity contribution in [1.29, 1.82) is 0 Å². The largest absolute Gasteiger partial charge is 0.312 e. The van der Waals surface area contributed by atoms with Gasteiger partial charge in [-0.3, -0.25) is 9.97 Å². The molecule has 1 aromatic carbocycles. The van der Waals surface area contributed by atoms with E-state index >= 15 is 0 Å². The molecule has 0 atom stereocenters. The van der Waals surface area contributed by atoms with E-state index in [9.17, 15) is 0 Å². The van der Waals surface area contributed by atoms with Gasteiger partial charge in [-0.05, 0) is 49.2 Å². The Balaban J connectivity index is 1.61. The molecule has 0 saturated heterocycles. The van der Waals surface area contributed by atoms with Gasteiger partial charge in [0.2, 0.25) is 0 Å². The molecular weight excluding hydrogens is 282 g/mol. The molecular formula is C20H21N3. The second-order valence-corrected chi connectivity index (χ2v) is 5.60. The Morgan fingerprint density at radius 2 is 1.78 bits per heavy atom. The predicted octanol–water partition coefficient (Wildman–Crippen LogP) is 3.78.